The van der Waals surface area contributed by atoms with Crippen LogP contribution in [0.1, 0.15) is 23.2 Å². The van der Waals surface area contributed by atoms with Gasteiger partial charge in [-0.05, 0) is 30.9 Å². The predicted octanol–water partition coefficient (Wildman–Crippen LogP) is 1.41. The van der Waals surface area contributed by atoms with Gasteiger partial charge in [0.25, 0.3) is 5.91 Å². The van der Waals surface area contributed by atoms with Gasteiger partial charge < -0.3 is 10.0 Å². The van der Waals surface area contributed by atoms with Crippen molar-refractivity contribution in [2.45, 2.75) is 12.8 Å². The average Bonchev–Trinajstić information content (AvgIpc) is 2.94. The highest BCUT2D eigenvalue weighted by molar-refractivity contribution is 5.97. The standard InChI is InChI=1S/C14H17N3O2/c18-9-10-2-1-5-17(8-10)14(19)11-3-4-12-7-15-16-13(12)6-11/h3-4,6-7,10,18H,1-2,5,8-9H2,(H,15,16). The van der Waals surface area contributed by atoms with Crippen LogP contribution < -0.4 is 0 Å². The van der Waals surface area contributed by atoms with Crippen LogP contribution in [-0.2, 0) is 0 Å². The topological polar surface area (TPSA) is 69.2 Å². The maximum absolute atomic E-state index is 12.4. The second-order valence-electron chi connectivity index (χ2n) is 5.11. The Balaban J connectivity index is 1.82. The second-order valence-corrected chi connectivity index (χ2v) is 5.11. The summed E-state index contributed by atoms with van der Waals surface area (Å²) in [6, 6.07) is 5.58. The summed E-state index contributed by atoms with van der Waals surface area (Å²) < 4.78 is 0. The molecular weight excluding hydrogens is 242 g/mol. The van der Waals surface area contributed by atoms with E-state index < -0.39 is 0 Å². The summed E-state index contributed by atoms with van der Waals surface area (Å²) in [5.41, 5.74) is 1.55. The Bertz CT molecular complexity index is 593. The predicted molar refractivity (Wildman–Crippen MR) is 71.8 cm³/mol. The third-order valence-corrected chi connectivity index (χ3v) is 3.75. The van der Waals surface area contributed by atoms with Crippen molar-refractivity contribution in [3.05, 3.63) is 30.0 Å². The van der Waals surface area contributed by atoms with Crippen molar-refractivity contribution in [2.24, 2.45) is 5.92 Å². The molecular formula is C14H17N3O2. The molecule has 2 heterocycles. The maximum Gasteiger partial charge on any atom is 0.253 e. The number of hydrogen-bond acceptors (Lipinski definition) is 3. The molecule has 5 heteroatoms. The number of aromatic nitrogens is 2. The third kappa shape index (κ3) is 2.33. The zero-order valence-electron chi connectivity index (χ0n) is 10.7. The Hall–Kier alpha value is -1.88. The number of likely N-dealkylation sites (tertiary alicyclic amines) is 1. The van der Waals surface area contributed by atoms with Gasteiger partial charge in [0.2, 0.25) is 0 Å². The first-order chi connectivity index (χ1) is 9.28. The number of H-pyrrole nitrogens is 1. The van der Waals surface area contributed by atoms with Crippen LogP contribution in [0.25, 0.3) is 10.9 Å². The monoisotopic (exact) mass is 259 g/mol. The normalized spacial score (nSPS) is 19.8. The number of aliphatic hydroxyl groups excluding tert-OH is 1. The Morgan fingerprint density at radius 3 is 3.26 bits per heavy atom. The van der Waals surface area contributed by atoms with E-state index in [-0.39, 0.29) is 18.4 Å². The molecule has 3 rings (SSSR count). The Morgan fingerprint density at radius 2 is 2.42 bits per heavy atom. The lowest BCUT2D eigenvalue weighted by Gasteiger charge is -2.31. The number of rotatable bonds is 2. The minimum Gasteiger partial charge on any atom is -0.396 e. The number of amides is 1. The van der Waals surface area contributed by atoms with Crippen molar-refractivity contribution in [1.29, 1.82) is 0 Å². The van der Waals surface area contributed by atoms with Crippen LogP contribution in [-0.4, -0.2) is 45.8 Å². The summed E-state index contributed by atoms with van der Waals surface area (Å²) in [6.45, 7) is 1.58. The number of hydrogen-bond donors (Lipinski definition) is 2. The molecule has 0 spiro atoms. The molecule has 1 fully saturated rings. The van der Waals surface area contributed by atoms with Crippen molar-refractivity contribution in [1.82, 2.24) is 15.1 Å². The SMILES string of the molecule is O=C(c1ccc2cn[nH]c2c1)N1CCCC(CO)C1. The zero-order valence-corrected chi connectivity index (χ0v) is 10.7. The van der Waals surface area contributed by atoms with Gasteiger partial charge in [-0.15, -0.1) is 0 Å². The van der Waals surface area contributed by atoms with E-state index in [1.165, 1.54) is 0 Å². The molecule has 1 aromatic carbocycles. The number of benzene rings is 1. The Labute approximate surface area is 111 Å². The zero-order chi connectivity index (χ0) is 13.2. The first kappa shape index (κ1) is 12.2. The van der Waals surface area contributed by atoms with Crippen molar-refractivity contribution >= 4 is 16.8 Å². The van der Waals surface area contributed by atoms with Crippen LogP contribution in [0.3, 0.4) is 0 Å². The number of fused-ring (bicyclic) bond motifs is 1. The Morgan fingerprint density at radius 1 is 1.53 bits per heavy atom. The van der Waals surface area contributed by atoms with Gasteiger partial charge in [-0.2, -0.15) is 5.10 Å². The van der Waals surface area contributed by atoms with Crippen molar-refractivity contribution in [3.8, 4) is 0 Å². The van der Waals surface area contributed by atoms with Crippen LogP contribution in [0.4, 0.5) is 0 Å². The summed E-state index contributed by atoms with van der Waals surface area (Å²) in [7, 11) is 0. The number of aliphatic hydroxyl groups is 1. The molecule has 1 aliphatic rings. The number of nitrogens with one attached hydrogen (secondary N) is 1. The van der Waals surface area contributed by atoms with E-state index in [1.807, 2.05) is 23.1 Å². The molecule has 100 valence electrons. The van der Waals surface area contributed by atoms with Gasteiger partial charge in [-0.25, -0.2) is 0 Å². The van der Waals surface area contributed by atoms with Crippen molar-refractivity contribution in [2.75, 3.05) is 19.7 Å². The van der Waals surface area contributed by atoms with Crippen LogP contribution >= 0.6 is 0 Å². The summed E-state index contributed by atoms with van der Waals surface area (Å²) in [6.07, 6.45) is 3.70. The van der Waals surface area contributed by atoms with Gasteiger partial charge in [0.15, 0.2) is 0 Å². The van der Waals surface area contributed by atoms with Crippen LogP contribution in [0.2, 0.25) is 0 Å². The molecule has 0 bridgehead atoms. The fourth-order valence-electron chi connectivity index (χ4n) is 2.65. The third-order valence-electron chi connectivity index (χ3n) is 3.75. The summed E-state index contributed by atoms with van der Waals surface area (Å²) in [5, 5.41) is 17.1. The molecule has 1 saturated heterocycles. The highest BCUT2D eigenvalue weighted by Gasteiger charge is 2.24. The van der Waals surface area contributed by atoms with Crippen LogP contribution in [0.5, 0.6) is 0 Å². The quantitative estimate of drug-likeness (QED) is 0.856. The number of aromatic amines is 1. The molecule has 1 amide bonds. The minimum absolute atomic E-state index is 0.0367. The lowest BCUT2D eigenvalue weighted by atomic mass is 9.98. The second kappa shape index (κ2) is 5.01. The fraction of sp³-hybridized carbons (Fsp3) is 0.429. The summed E-state index contributed by atoms with van der Waals surface area (Å²) in [4.78, 5) is 14.3. The van der Waals surface area contributed by atoms with E-state index in [0.717, 1.165) is 30.3 Å². The molecule has 0 aliphatic carbocycles. The first-order valence-electron chi connectivity index (χ1n) is 6.61. The largest absolute Gasteiger partial charge is 0.396 e. The molecule has 1 atom stereocenters. The number of nitrogens with zero attached hydrogens (tertiary/aromatic N) is 2. The molecule has 2 N–H and O–H groups in total. The number of carbonyl (C=O) groups excluding carboxylic acids is 1. The lowest BCUT2D eigenvalue weighted by molar-refractivity contribution is 0.0621. The summed E-state index contributed by atoms with van der Waals surface area (Å²) >= 11 is 0. The van der Waals surface area contributed by atoms with E-state index in [0.29, 0.717) is 12.1 Å². The van der Waals surface area contributed by atoms with Gasteiger partial charge in [0, 0.05) is 30.6 Å². The van der Waals surface area contributed by atoms with E-state index in [2.05, 4.69) is 10.2 Å². The molecule has 1 unspecified atom stereocenters. The average molecular weight is 259 g/mol. The van der Waals surface area contributed by atoms with E-state index in [4.69, 9.17) is 0 Å². The van der Waals surface area contributed by atoms with Gasteiger partial charge >= 0.3 is 0 Å². The van der Waals surface area contributed by atoms with E-state index >= 15 is 0 Å². The molecule has 5 nitrogen and oxygen atoms in total. The van der Waals surface area contributed by atoms with Crippen molar-refractivity contribution < 1.29 is 9.90 Å². The highest BCUT2D eigenvalue weighted by Crippen LogP contribution is 2.20. The van der Waals surface area contributed by atoms with E-state index in [9.17, 15) is 9.90 Å². The number of carbonyl (C=O) groups is 1. The van der Waals surface area contributed by atoms with Gasteiger partial charge in [-0.3, -0.25) is 9.89 Å². The fourth-order valence-corrected chi connectivity index (χ4v) is 2.65. The number of piperidine rings is 1. The smallest absolute Gasteiger partial charge is 0.253 e. The Kier molecular flexibility index (Phi) is 3.21. The summed E-state index contributed by atoms with van der Waals surface area (Å²) in [5.74, 6) is 0.253. The molecule has 1 aromatic heterocycles. The van der Waals surface area contributed by atoms with Gasteiger partial charge in [0.05, 0.1) is 11.7 Å². The van der Waals surface area contributed by atoms with Gasteiger partial charge in [-0.1, -0.05) is 6.07 Å². The molecule has 1 aliphatic heterocycles. The molecule has 0 saturated carbocycles. The van der Waals surface area contributed by atoms with E-state index in [1.54, 1.807) is 6.20 Å². The van der Waals surface area contributed by atoms with Crippen LogP contribution in [0, 0.1) is 5.92 Å². The molecule has 0 radical (unpaired) electrons. The first-order valence-corrected chi connectivity index (χ1v) is 6.61. The minimum atomic E-state index is 0.0367. The van der Waals surface area contributed by atoms with Crippen LogP contribution in [0.15, 0.2) is 24.4 Å². The van der Waals surface area contributed by atoms with Crippen molar-refractivity contribution in [3.63, 3.8) is 0 Å². The molecule has 19 heavy (non-hydrogen) atoms. The van der Waals surface area contributed by atoms with Gasteiger partial charge in [0.1, 0.15) is 0 Å². The maximum atomic E-state index is 12.4. The highest BCUT2D eigenvalue weighted by atomic mass is 16.3. The molecule has 2 aromatic rings. The lowest BCUT2D eigenvalue weighted by Crippen LogP contribution is -2.40.